The number of carbonyl (C=O) groups excluding carboxylic acids is 1. The number of Topliss-reactive ketones (excluding diaryl/α,β-unsaturated/α-hetero) is 1. The lowest BCUT2D eigenvalue weighted by Gasteiger charge is -2.23. The molecule has 1 aliphatic carbocycles. The zero-order valence-electron chi connectivity index (χ0n) is 16.5. The molecule has 138 valence electrons. The lowest BCUT2D eigenvalue weighted by Crippen LogP contribution is -2.20. The molecule has 0 spiro atoms. The van der Waals surface area contributed by atoms with E-state index in [0.29, 0.717) is 12.3 Å². The van der Waals surface area contributed by atoms with Crippen molar-refractivity contribution in [1.29, 1.82) is 0 Å². The van der Waals surface area contributed by atoms with Crippen LogP contribution in [0.1, 0.15) is 70.5 Å². The molecular weight excluding hydrogens is 332 g/mol. The van der Waals surface area contributed by atoms with Gasteiger partial charge < -0.3 is 0 Å². The topological polar surface area (TPSA) is 34.9 Å². The molecule has 27 heavy (non-hydrogen) atoms. The minimum atomic E-state index is 0.213. The number of aryl methyl sites for hydroxylation is 2. The Labute approximate surface area is 161 Å². The molecule has 3 aromatic rings. The largest absolute Gasteiger partial charge is 0.294 e. The first-order valence-electron chi connectivity index (χ1n) is 9.72. The smallest absolute Gasteiger partial charge is 0.167 e. The Morgan fingerprint density at radius 1 is 0.963 bits per heavy atom. The summed E-state index contributed by atoms with van der Waals surface area (Å²) >= 11 is 0. The molecule has 2 aromatic carbocycles. The quantitative estimate of drug-likeness (QED) is 0.617. The SMILES string of the molecule is Cc1ccc(-n2nc(C)c3c2CC(c2ccc(C(C)C)cc2)CC3=O)cc1. The number of nitrogens with zero attached hydrogens (tertiary/aromatic N) is 2. The summed E-state index contributed by atoms with van der Waals surface area (Å²) in [7, 11) is 0. The summed E-state index contributed by atoms with van der Waals surface area (Å²) in [5, 5.41) is 4.70. The standard InChI is InChI=1S/C24H26N2O/c1-15(2)18-7-9-19(10-8-18)20-13-22-24(23(27)14-20)17(4)25-26(22)21-11-5-16(3)6-12-21/h5-12,15,20H,13-14H2,1-4H3. The fourth-order valence-corrected chi connectivity index (χ4v) is 4.05. The second kappa shape index (κ2) is 6.80. The Balaban J connectivity index is 1.72. The fourth-order valence-electron chi connectivity index (χ4n) is 4.05. The van der Waals surface area contributed by atoms with Gasteiger partial charge >= 0.3 is 0 Å². The molecule has 0 fully saturated rings. The monoisotopic (exact) mass is 358 g/mol. The summed E-state index contributed by atoms with van der Waals surface area (Å²) in [5.74, 6) is 0.945. The van der Waals surface area contributed by atoms with E-state index in [1.54, 1.807) is 0 Å². The van der Waals surface area contributed by atoms with E-state index in [9.17, 15) is 4.79 Å². The van der Waals surface area contributed by atoms with Gasteiger partial charge in [0.15, 0.2) is 5.78 Å². The number of hydrogen-bond acceptors (Lipinski definition) is 2. The van der Waals surface area contributed by atoms with E-state index in [2.05, 4.69) is 69.3 Å². The van der Waals surface area contributed by atoms with Gasteiger partial charge in [-0.3, -0.25) is 4.79 Å². The van der Waals surface area contributed by atoms with Gasteiger partial charge in [0.1, 0.15) is 0 Å². The highest BCUT2D eigenvalue weighted by Gasteiger charge is 2.32. The number of ketones is 1. The molecular formula is C24H26N2O. The van der Waals surface area contributed by atoms with Gasteiger partial charge in [-0.2, -0.15) is 5.10 Å². The van der Waals surface area contributed by atoms with Crippen molar-refractivity contribution in [3.63, 3.8) is 0 Å². The second-order valence-corrected chi connectivity index (χ2v) is 8.00. The zero-order chi connectivity index (χ0) is 19.1. The predicted octanol–water partition coefficient (Wildman–Crippen LogP) is 5.53. The van der Waals surface area contributed by atoms with Crippen LogP contribution in [0.4, 0.5) is 0 Å². The molecule has 0 saturated carbocycles. The van der Waals surface area contributed by atoms with Gasteiger partial charge in [0, 0.05) is 6.42 Å². The van der Waals surface area contributed by atoms with Gasteiger partial charge in [-0.25, -0.2) is 4.68 Å². The van der Waals surface area contributed by atoms with Crippen LogP contribution in [0.2, 0.25) is 0 Å². The van der Waals surface area contributed by atoms with E-state index in [0.717, 1.165) is 29.1 Å². The van der Waals surface area contributed by atoms with E-state index in [1.807, 2.05) is 11.6 Å². The molecule has 0 bridgehead atoms. The maximum atomic E-state index is 12.9. The summed E-state index contributed by atoms with van der Waals surface area (Å²) < 4.78 is 1.97. The second-order valence-electron chi connectivity index (χ2n) is 8.00. The highest BCUT2D eigenvalue weighted by Crippen LogP contribution is 2.35. The highest BCUT2D eigenvalue weighted by atomic mass is 16.1. The van der Waals surface area contributed by atoms with Crippen LogP contribution in [-0.4, -0.2) is 15.6 Å². The first-order chi connectivity index (χ1) is 12.9. The third-order valence-corrected chi connectivity index (χ3v) is 5.66. The molecule has 1 aliphatic rings. The van der Waals surface area contributed by atoms with Gasteiger partial charge in [-0.15, -0.1) is 0 Å². The average Bonchev–Trinajstić information content (AvgIpc) is 2.99. The Morgan fingerprint density at radius 2 is 1.63 bits per heavy atom. The van der Waals surface area contributed by atoms with Crippen LogP contribution in [0.5, 0.6) is 0 Å². The summed E-state index contributed by atoms with van der Waals surface area (Å²) in [6.07, 6.45) is 1.41. The van der Waals surface area contributed by atoms with Crippen LogP contribution >= 0.6 is 0 Å². The van der Waals surface area contributed by atoms with E-state index < -0.39 is 0 Å². The minimum Gasteiger partial charge on any atom is -0.294 e. The number of rotatable bonds is 3. The molecule has 1 unspecified atom stereocenters. The van der Waals surface area contributed by atoms with Crippen molar-refractivity contribution >= 4 is 5.78 Å². The Kier molecular flexibility index (Phi) is 4.47. The van der Waals surface area contributed by atoms with Crippen LogP contribution in [0, 0.1) is 13.8 Å². The summed E-state index contributed by atoms with van der Waals surface area (Å²) in [6.45, 7) is 8.43. The van der Waals surface area contributed by atoms with Gasteiger partial charge in [-0.05, 0) is 55.4 Å². The van der Waals surface area contributed by atoms with Crippen molar-refractivity contribution in [3.8, 4) is 5.69 Å². The fraction of sp³-hybridized carbons (Fsp3) is 0.333. The lowest BCUT2D eigenvalue weighted by molar-refractivity contribution is 0.0963. The maximum Gasteiger partial charge on any atom is 0.167 e. The van der Waals surface area contributed by atoms with Gasteiger partial charge in [0.25, 0.3) is 0 Å². The van der Waals surface area contributed by atoms with Crippen molar-refractivity contribution in [2.45, 2.75) is 52.4 Å². The third-order valence-electron chi connectivity index (χ3n) is 5.66. The van der Waals surface area contributed by atoms with Crippen molar-refractivity contribution in [1.82, 2.24) is 9.78 Å². The van der Waals surface area contributed by atoms with Gasteiger partial charge in [-0.1, -0.05) is 55.8 Å². The number of carbonyl (C=O) groups is 1. The van der Waals surface area contributed by atoms with Crippen LogP contribution in [0.25, 0.3) is 5.69 Å². The first kappa shape index (κ1) is 17.7. The van der Waals surface area contributed by atoms with E-state index >= 15 is 0 Å². The van der Waals surface area contributed by atoms with E-state index in [4.69, 9.17) is 5.10 Å². The number of benzene rings is 2. The summed E-state index contributed by atoms with van der Waals surface area (Å²) in [4.78, 5) is 12.9. The molecule has 4 rings (SSSR count). The first-order valence-corrected chi connectivity index (χ1v) is 9.72. The molecule has 0 radical (unpaired) electrons. The van der Waals surface area contributed by atoms with Gasteiger partial charge in [0.2, 0.25) is 0 Å². The highest BCUT2D eigenvalue weighted by molar-refractivity contribution is 6.00. The van der Waals surface area contributed by atoms with Crippen LogP contribution in [0.3, 0.4) is 0 Å². The van der Waals surface area contributed by atoms with Crippen LogP contribution in [0.15, 0.2) is 48.5 Å². The zero-order valence-corrected chi connectivity index (χ0v) is 16.5. The molecule has 0 saturated heterocycles. The van der Waals surface area contributed by atoms with Crippen molar-refractivity contribution in [2.75, 3.05) is 0 Å². The molecule has 0 amide bonds. The summed E-state index contributed by atoms with van der Waals surface area (Å²) in [6, 6.07) is 17.1. The molecule has 0 N–H and O–H groups in total. The van der Waals surface area contributed by atoms with Crippen molar-refractivity contribution in [3.05, 3.63) is 82.2 Å². The minimum absolute atomic E-state index is 0.213. The van der Waals surface area contributed by atoms with Crippen molar-refractivity contribution in [2.24, 2.45) is 0 Å². The maximum absolute atomic E-state index is 12.9. The lowest BCUT2D eigenvalue weighted by atomic mass is 9.81. The molecule has 1 heterocycles. The number of fused-ring (bicyclic) bond motifs is 1. The van der Waals surface area contributed by atoms with E-state index in [-0.39, 0.29) is 11.7 Å². The van der Waals surface area contributed by atoms with Crippen LogP contribution in [-0.2, 0) is 6.42 Å². The Bertz CT molecular complexity index is 978. The summed E-state index contributed by atoms with van der Waals surface area (Å²) in [5.41, 5.74) is 7.53. The predicted molar refractivity (Wildman–Crippen MR) is 109 cm³/mol. The molecule has 3 nitrogen and oxygen atoms in total. The van der Waals surface area contributed by atoms with E-state index in [1.165, 1.54) is 16.7 Å². The Morgan fingerprint density at radius 3 is 2.26 bits per heavy atom. The molecule has 1 aromatic heterocycles. The average molecular weight is 358 g/mol. The third kappa shape index (κ3) is 3.23. The van der Waals surface area contributed by atoms with Crippen molar-refractivity contribution < 1.29 is 4.79 Å². The van der Waals surface area contributed by atoms with Gasteiger partial charge in [0.05, 0.1) is 22.6 Å². The molecule has 1 atom stereocenters. The molecule has 0 aliphatic heterocycles. The number of hydrogen-bond donors (Lipinski definition) is 0. The number of aromatic nitrogens is 2. The van der Waals surface area contributed by atoms with Crippen LogP contribution < -0.4 is 0 Å². The normalized spacial score (nSPS) is 16.6. The molecule has 3 heteroatoms. The Hall–Kier alpha value is -2.68.